The molecular weight excluding hydrogens is 674 g/mol. The van der Waals surface area contributed by atoms with Crippen molar-refractivity contribution in [2.24, 2.45) is 0 Å². The van der Waals surface area contributed by atoms with Gasteiger partial charge < -0.3 is 54.5 Å². The number of rotatable bonds is 12. The van der Waals surface area contributed by atoms with Crippen molar-refractivity contribution in [1.82, 2.24) is 5.32 Å². The second kappa shape index (κ2) is 15.0. The highest BCUT2D eigenvalue weighted by Crippen LogP contribution is 2.52. The summed E-state index contributed by atoms with van der Waals surface area (Å²) in [5, 5.41) is 58.5. The first kappa shape index (κ1) is 37.8. The SMILES string of the molecule is COc1cccc2c1C(=O)c1c(O)c3c(c(O)c1C2=O)CC(O)(C(=O)CO)CC3O[C@H]1C[C@H](NCCCC(OC(C)=O)OC(C)=O)[C@H](O)[C@H](C)O1. The Morgan fingerprint density at radius 1 is 1.04 bits per heavy atom. The van der Waals surface area contributed by atoms with Crippen LogP contribution in [0.1, 0.15) is 95.5 Å². The Morgan fingerprint density at radius 3 is 2.33 bits per heavy atom. The third kappa shape index (κ3) is 7.33. The molecule has 1 heterocycles. The average molecular weight is 716 g/mol. The molecular formula is C35H41NO15. The molecule has 2 unspecified atom stereocenters. The zero-order chi connectivity index (χ0) is 37.4. The molecule has 6 N–H and O–H groups in total. The summed E-state index contributed by atoms with van der Waals surface area (Å²) < 4.78 is 27.5. The lowest BCUT2D eigenvalue weighted by molar-refractivity contribution is -0.249. The van der Waals surface area contributed by atoms with Gasteiger partial charge in [-0.2, -0.15) is 0 Å². The van der Waals surface area contributed by atoms with E-state index in [2.05, 4.69) is 5.32 Å². The molecule has 5 rings (SSSR count). The van der Waals surface area contributed by atoms with Gasteiger partial charge in [0, 0.05) is 62.3 Å². The summed E-state index contributed by atoms with van der Waals surface area (Å²) in [5.41, 5.74) is -3.92. The van der Waals surface area contributed by atoms with E-state index in [0.29, 0.717) is 6.42 Å². The van der Waals surface area contributed by atoms with Crippen LogP contribution < -0.4 is 10.1 Å². The van der Waals surface area contributed by atoms with E-state index in [4.69, 9.17) is 23.7 Å². The van der Waals surface area contributed by atoms with Gasteiger partial charge in [-0.3, -0.25) is 24.0 Å². The molecule has 0 saturated carbocycles. The van der Waals surface area contributed by atoms with Crippen molar-refractivity contribution in [3.63, 3.8) is 0 Å². The number of phenols is 2. The number of aliphatic hydroxyl groups excluding tert-OH is 2. The molecule has 3 aliphatic rings. The molecule has 276 valence electrons. The number of ether oxygens (including phenoxy) is 5. The number of benzene rings is 2. The third-order valence-electron chi connectivity index (χ3n) is 9.38. The Labute approximate surface area is 292 Å². The summed E-state index contributed by atoms with van der Waals surface area (Å²) in [4.78, 5) is 63.2. The minimum atomic E-state index is -2.31. The Hall–Kier alpha value is -4.45. The van der Waals surface area contributed by atoms with Crippen molar-refractivity contribution in [3.05, 3.63) is 51.6 Å². The molecule has 51 heavy (non-hydrogen) atoms. The number of ketones is 3. The van der Waals surface area contributed by atoms with Gasteiger partial charge in [-0.1, -0.05) is 12.1 Å². The predicted molar refractivity (Wildman–Crippen MR) is 172 cm³/mol. The van der Waals surface area contributed by atoms with Gasteiger partial charge >= 0.3 is 11.9 Å². The van der Waals surface area contributed by atoms with E-state index in [0.717, 1.165) is 0 Å². The number of phenolic OH excluding ortho intramolecular Hbond substituents is 2. The van der Waals surface area contributed by atoms with E-state index < -0.39 is 114 Å². The molecule has 2 aromatic rings. The highest BCUT2D eigenvalue weighted by Gasteiger charge is 2.50. The Balaban J connectivity index is 1.44. The second-order valence-electron chi connectivity index (χ2n) is 12.8. The lowest BCUT2D eigenvalue weighted by Gasteiger charge is -2.43. The first-order valence-electron chi connectivity index (χ1n) is 16.4. The fourth-order valence-electron chi connectivity index (χ4n) is 6.99. The van der Waals surface area contributed by atoms with E-state index in [-0.39, 0.29) is 47.4 Å². The molecule has 0 aromatic heterocycles. The van der Waals surface area contributed by atoms with Crippen LogP contribution in [0.3, 0.4) is 0 Å². The van der Waals surface area contributed by atoms with Crippen LogP contribution >= 0.6 is 0 Å². The lowest BCUT2D eigenvalue weighted by Crippen LogP contribution is -2.54. The van der Waals surface area contributed by atoms with Crippen LogP contribution in [0, 0.1) is 0 Å². The molecule has 2 aliphatic carbocycles. The number of aliphatic hydroxyl groups is 3. The molecule has 2 aromatic carbocycles. The van der Waals surface area contributed by atoms with Gasteiger partial charge in [0.15, 0.2) is 17.9 Å². The third-order valence-corrected chi connectivity index (χ3v) is 9.38. The number of methoxy groups -OCH3 is 1. The number of aromatic hydroxyl groups is 2. The van der Waals surface area contributed by atoms with Gasteiger partial charge in [0.1, 0.15) is 29.5 Å². The van der Waals surface area contributed by atoms with Gasteiger partial charge in [0.2, 0.25) is 12.1 Å². The number of Topliss-reactive ketones (excluding diaryl/α,β-unsaturated/α-hetero) is 1. The summed E-state index contributed by atoms with van der Waals surface area (Å²) in [6.45, 7) is 3.17. The number of hydrogen-bond acceptors (Lipinski definition) is 16. The predicted octanol–water partition coefficient (Wildman–Crippen LogP) is 0.865. The van der Waals surface area contributed by atoms with E-state index in [1.54, 1.807) is 6.92 Å². The van der Waals surface area contributed by atoms with Crippen molar-refractivity contribution in [2.45, 2.75) is 95.4 Å². The number of carbonyl (C=O) groups is 5. The molecule has 6 atom stereocenters. The van der Waals surface area contributed by atoms with Crippen LogP contribution in [0.4, 0.5) is 0 Å². The number of fused-ring (bicyclic) bond motifs is 3. The van der Waals surface area contributed by atoms with Gasteiger partial charge in [-0.15, -0.1) is 0 Å². The van der Waals surface area contributed by atoms with E-state index in [1.807, 2.05) is 0 Å². The molecule has 0 radical (unpaired) electrons. The highest BCUT2D eigenvalue weighted by molar-refractivity contribution is 6.31. The zero-order valence-electron chi connectivity index (χ0n) is 28.5. The number of nitrogens with one attached hydrogen (secondary N) is 1. The maximum Gasteiger partial charge on any atom is 0.305 e. The molecule has 1 fully saturated rings. The number of esters is 2. The summed E-state index contributed by atoms with van der Waals surface area (Å²) in [7, 11) is 1.31. The zero-order valence-corrected chi connectivity index (χ0v) is 28.5. The fraction of sp³-hybridized carbons (Fsp3) is 0.514. The highest BCUT2D eigenvalue weighted by atomic mass is 16.7. The Kier molecular flexibility index (Phi) is 11.1. The van der Waals surface area contributed by atoms with Crippen LogP contribution in [0.2, 0.25) is 0 Å². The molecule has 0 spiro atoms. The Bertz CT molecular complexity index is 1720. The summed E-state index contributed by atoms with van der Waals surface area (Å²) >= 11 is 0. The Morgan fingerprint density at radius 2 is 1.71 bits per heavy atom. The number of carbonyl (C=O) groups excluding carboxylic acids is 5. The van der Waals surface area contributed by atoms with Crippen LogP contribution in [0.15, 0.2) is 18.2 Å². The minimum absolute atomic E-state index is 0.000705. The van der Waals surface area contributed by atoms with Crippen molar-refractivity contribution in [2.75, 3.05) is 20.3 Å². The first-order valence-corrected chi connectivity index (χ1v) is 16.4. The fourth-order valence-corrected chi connectivity index (χ4v) is 6.99. The van der Waals surface area contributed by atoms with Gasteiger partial charge in [-0.25, -0.2) is 0 Å². The van der Waals surface area contributed by atoms with Crippen LogP contribution in [0.5, 0.6) is 17.2 Å². The van der Waals surface area contributed by atoms with Crippen LogP contribution in [-0.2, 0) is 39.8 Å². The standard InChI is InChI=1S/C35H41NO15/c1-15-30(41)20(36-10-6-9-24(49-16(2)38)50-17(3)39)11-25(48-15)51-22-13-35(46,23(40)14-37)12-19-27(22)34(45)29-28(32(19)43)31(42)18-7-5-8-21(47-4)26(18)33(29)44/h5,7-8,15,20,22,24-25,30,36-37,41,43,45-46H,6,9-14H2,1-4H3/t15-,20-,22?,25-,30+,35?/m0/s1. The van der Waals surface area contributed by atoms with Crippen molar-refractivity contribution in [3.8, 4) is 17.2 Å². The second-order valence-corrected chi connectivity index (χ2v) is 12.8. The maximum atomic E-state index is 13.9. The van der Waals surface area contributed by atoms with Crippen LogP contribution in [0.25, 0.3) is 0 Å². The average Bonchev–Trinajstić information content (AvgIpc) is 3.07. The molecule has 1 aliphatic heterocycles. The van der Waals surface area contributed by atoms with E-state index >= 15 is 0 Å². The van der Waals surface area contributed by atoms with Gasteiger partial charge in [0.05, 0.1) is 42.1 Å². The first-order chi connectivity index (χ1) is 24.1. The minimum Gasteiger partial charge on any atom is -0.507 e. The van der Waals surface area contributed by atoms with E-state index in [9.17, 15) is 49.5 Å². The topological polar surface area (TPSA) is 245 Å². The summed E-state index contributed by atoms with van der Waals surface area (Å²) in [5.74, 6) is -5.24. The molecule has 0 amide bonds. The smallest absolute Gasteiger partial charge is 0.305 e. The largest absolute Gasteiger partial charge is 0.507 e. The molecule has 16 heteroatoms. The quantitative estimate of drug-likeness (QED) is 0.0659. The van der Waals surface area contributed by atoms with E-state index in [1.165, 1.54) is 39.2 Å². The molecule has 1 saturated heterocycles. The van der Waals surface area contributed by atoms with Gasteiger partial charge in [0.25, 0.3) is 0 Å². The van der Waals surface area contributed by atoms with Gasteiger partial charge in [-0.05, 0) is 26.0 Å². The summed E-state index contributed by atoms with van der Waals surface area (Å²) in [6, 6.07) is 3.68. The lowest BCUT2D eigenvalue weighted by atomic mass is 9.72. The maximum absolute atomic E-state index is 13.9. The normalized spacial score (nSPS) is 25.5. The number of hydrogen-bond donors (Lipinski definition) is 6. The van der Waals surface area contributed by atoms with Crippen molar-refractivity contribution >= 4 is 29.3 Å². The van der Waals surface area contributed by atoms with Crippen LogP contribution in [-0.4, -0.2) is 112 Å². The summed E-state index contributed by atoms with van der Waals surface area (Å²) in [6.07, 6.45) is -6.12. The molecule has 16 nitrogen and oxygen atoms in total. The van der Waals surface area contributed by atoms with Crippen molar-refractivity contribution in [1.29, 1.82) is 0 Å². The monoisotopic (exact) mass is 715 g/mol. The molecule has 0 bridgehead atoms. The van der Waals surface area contributed by atoms with Crippen molar-refractivity contribution < 1.29 is 73.2 Å².